The molecule has 0 bridgehead atoms. The number of carboxylic acid groups (broad SMARTS) is 1. The number of hydrogen-bond donors (Lipinski definition) is 2. The topological polar surface area (TPSA) is 62.5 Å². The third-order valence-corrected chi connectivity index (χ3v) is 2.76. The Morgan fingerprint density at radius 1 is 1.35 bits per heavy atom. The predicted molar refractivity (Wildman–Crippen MR) is 67.8 cm³/mol. The largest absolute Gasteiger partial charge is 0.475 e. The van der Waals surface area contributed by atoms with Crippen molar-refractivity contribution in [3.8, 4) is 0 Å². The summed E-state index contributed by atoms with van der Waals surface area (Å²) in [5, 5.41) is 11.8. The second kappa shape index (κ2) is 4.63. The van der Waals surface area contributed by atoms with Crippen LogP contribution in [0.1, 0.15) is 16.1 Å². The first-order valence-corrected chi connectivity index (χ1v) is 5.72. The zero-order valence-corrected chi connectivity index (χ0v) is 10.6. The Balaban J connectivity index is 2.22. The molecule has 1 aromatic carbocycles. The number of carbonyl (C=O) groups is 1. The van der Waals surface area contributed by atoms with Gasteiger partial charge in [-0.15, -0.1) is 0 Å². The van der Waals surface area contributed by atoms with Crippen molar-refractivity contribution in [2.75, 3.05) is 5.32 Å². The molecule has 4 nitrogen and oxygen atoms in total. The second-order valence-corrected chi connectivity index (χ2v) is 4.47. The van der Waals surface area contributed by atoms with Gasteiger partial charge in [-0.2, -0.15) is 0 Å². The molecule has 0 spiro atoms. The minimum Gasteiger partial charge on any atom is -0.475 e. The van der Waals surface area contributed by atoms with Crippen LogP contribution in [0.4, 0.5) is 11.6 Å². The maximum atomic E-state index is 10.7. The number of aryl methyl sites for hydroxylation is 1. The Labute approximate surface area is 106 Å². The van der Waals surface area contributed by atoms with Crippen LogP contribution in [-0.2, 0) is 0 Å². The normalized spacial score (nSPS) is 10.2. The van der Waals surface area contributed by atoms with E-state index in [1.54, 1.807) is 6.07 Å². The average molecular weight is 296 g/mol. The molecule has 2 aromatic rings. The molecule has 2 N–H and O–H groups in total. The summed E-state index contributed by atoms with van der Waals surface area (Å²) in [5.74, 6) is -0.749. The van der Waals surface area contributed by atoms with Gasteiger partial charge in [-0.3, -0.25) is 0 Å². The lowest BCUT2D eigenvalue weighted by atomic mass is 10.2. The molecule has 17 heavy (non-hydrogen) atoms. The molecule has 0 aliphatic rings. The Morgan fingerprint density at radius 3 is 2.71 bits per heavy atom. The first-order valence-electron chi connectivity index (χ1n) is 4.92. The van der Waals surface area contributed by atoms with Gasteiger partial charge in [0.25, 0.3) is 0 Å². The maximum absolute atomic E-state index is 10.7. The number of furan rings is 1. The van der Waals surface area contributed by atoms with E-state index < -0.39 is 5.97 Å². The van der Waals surface area contributed by atoms with E-state index in [-0.39, 0.29) is 5.76 Å². The summed E-state index contributed by atoms with van der Waals surface area (Å²) in [4.78, 5) is 10.7. The number of anilines is 2. The molecular formula is C12H10BrNO3. The first kappa shape index (κ1) is 11.7. The summed E-state index contributed by atoms with van der Waals surface area (Å²) in [6.45, 7) is 1.95. The number of carboxylic acids is 1. The highest BCUT2D eigenvalue weighted by Crippen LogP contribution is 2.24. The molecule has 88 valence electrons. The molecule has 0 fully saturated rings. The summed E-state index contributed by atoms with van der Waals surface area (Å²) in [7, 11) is 0. The van der Waals surface area contributed by atoms with Gasteiger partial charge in [0.2, 0.25) is 5.76 Å². The van der Waals surface area contributed by atoms with Crippen molar-refractivity contribution in [1.82, 2.24) is 0 Å². The van der Waals surface area contributed by atoms with Gasteiger partial charge < -0.3 is 14.8 Å². The van der Waals surface area contributed by atoms with Gasteiger partial charge in [0.05, 0.1) is 0 Å². The molecule has 5 heteroatoms. The Hall–Kier alpha value is -1.75. The van der Waals surface area contributed by atoms with Crippen molar-refractivity contribution < 1.29 is 14.3 Å². The molecule has 0 aliphatic heterocycles. The highest BCUT2D eigenvalue weighted by atomic mass is 79.9. The van der Waals surface area contributed by atoms with Crippen molar-refractivity contribution >= 4 is 33.5 Å². The van der Waals surface area contributed by atoms with Crippen LogP contribution in [-0.4, -0.2) is 11.1 Å². The zero-order valence-electron chi connectivity index (χ0n) is 9.03. The highest BCUT2D eigenvalue weighted by molar-refractivity contribution is 9.10. The van der Waals surface area contributed by atoms with Gasteiger partial charge in [0.1, 0.15) is 0 Å². The molecular weight excluding hydrogens is 286 g/mol. The van der Waals surface area contributed by atoms with Crippen molar-refractivity contribution in [1.29, 1.82) is 0 Å². The van der Waals surface area contributed by atoms with Crippen LogP contribution < -0.4 is 5.32 Å². The van der Waals surface area contributed by atoms with Gasteiger partial charge in [0.15, 0.2) is 5.88 Å². The van der Waals surface area contributed by atoms with E-state index in [1.165, 1.54) is 6.07 Å². The molecule has 0 radical (unpaired) electrons. The Morgan fingerprint density at radius 2 is 2.12 bits per heavy atom. The van der Waals surface area contributed by atoms with Crippen LogP contribution in [0.25, 0.3) is 0 Å². The summed E-state index contributed by atoms with van der Waals surface area (Å²) in [5.41, 5.74) is 1.91. The highest BCUT2D eigenvalue weighted by Gasteiger charge is 2.09. The van der Waals surface area contributed by atoms with E-state index in [0.29, 0.717) is 5.88 Å². The number of halogens is 1. The predicted octanol–water partition coefficient (Wildman–Crippen LogP) is 3.79. The van der Waals surface area contributed by atoms with E-state index in [0.717, 1.165) is 15.7 Å². The monoisotopic (exact) mass is 295 g/mol. The van der Waals surface area contributed by atoms with E-state index in [9.17, 15) is 4.79 Å². The smallest absolute Gasteiger partial charge is 0.371 e. The lowest BCUT2D eigenvalue weighted by Gasteiger charge is -2.06. The molecule has 0 amide bonds. The minimum atomic E-state index is -1.08. The second-order valence-electron chi connectivity index (χ2n) is 3.55. The molecule has 0 unspecified atom stereocenters. The summed E-state index contributed by atoms with van der Waals surface area (Å²) < 4.78 is 6.10. The molecule has 0 saturated carbocycles. The number of hydrogen-bond acceptors (Lipinski definition) is 3. The van der Waals surface area contributed by atoms with Crippen molar-refractivity contribution in [2.24, 2.45) is 0 Å². The van der Waals surface area contributed by atoms with Crippen LogP contribution in [0, 0.1) is 6.92 Å². The third-order valence-electron chi connectivity index (χ3n) is 2.26. The van der Waals surface area contributed by atoms with E-state index in [4.69, 9.17) is 9.52 Å². The standard InChI is InChI=1S/C12H10BrNO3/c1-7-6-8(13)2-3-9(7)14-11-5-4-10(17-11)12(15)16/h2-6,14H,1H3,(H,15,16). The molecule has 1 aromatic heterocycles. The van der Waals surface area contributed by atoms with E-state index >= 15 is 0 Å². The van der Waals surface area contributed by atoms with Gasteiger partial charge in [0, 0.05) is 16.2 Å². The lowest BCUT2D eigenvalue weighted by molar-refractivity contribution is 0.0663. The number of aromatic carboxylic acids is 1. The SMILES string of the molecule is Cc1cc(Br)ccc1Nc1ccc(C(=O)O)o1. The third kappa shape index (κ3) is 2.68. The number of rotatable bonds is 3. The first-order chi connectivity index (χ1) is 8.06. The van der Waals surface area contributed by atoms with Gasteiger partial charge in [-0.1, -0.05) is 15.9 Å². The van der Waals surface area contributed by atoms with Crippen molar-refractivity contribution in [2.45, 2.75) is 6.92 Å². The van der Waals surface area contributed by atoms with Crippen LogP contribution in [0.15, 0.2) is 39.2 Å². The van der Waals surface area contributed by atoms with Crippen LogP contribution in [0.3, 0.4) is 0 Å². The van der Waals surface area contributed by atoms with Crippen LogP contribution in [0.5, 0.6) is 0 Å². The van der Waals surface area contributed by atoms with E-state index in [1.807, 2.05) is 25.1 Å². The average Bonchev–Trinajstić information content (AvgIpc) is 2.71. The van der Waals surface area contributed by atoms with Gasteiger partial charge >= 0.3 is 5.97 Å². The minimum absolute atomic E-state index is 0.0812. The number of benzene rings is 1. The fourth-order valence-corrected chi connectivity index (χ4v) is 1.90. The summed E-state index contributed by atoms with van der Waals surface area (Å²) in [6, 6.07) is 8.76. The van der Waals surface area contributed by atoms with Crippen molar-refractivity contribution in [3.05, 3.63) is 46.1 Å². The molecule has 0 saturated heterocycles. The fraction of sp³-hybridized carbons (Fsp3) is 0.0833. The maximum Gasteiger partial charge on any atom is 0.371 e. The van der Waals surface area contributed by atoms with E-state index in [2.05, 4.69) is 21.2 Å². The lowest BCUT2D eigenvalue weighted by Crippen LogP contribution is -1.93. The van der Waals surface area contributed by atoms with Crippen molar-refractivity contribution in [3.63, 3.8) is 0 Å². The molecule has 0 atom stereocenters. The molecule has 2 rings (SSSR count). The van der Waals surface area contributed by atoms with Crippen LogP contribution >= 0.6 is 15.9 Å². The molecule has 0 aliphatic carbocycles. The zero-order chi connectivity index (χ0) is 12.4. The summed E-state index contributed by atoms with van der Waals surface area (Å²) >= 11 is 3.38. The summed E-state index contributed by atoms with van der Waals surface area (Å²) in [6.07, 6.45) is 0. The quantitative estimate of drug-likeness (QED) is 0.904. The Bertz CT molecular complexity index is 563. The number of nitrogens with one attached hydrogen (secondary N) is 1. The molecule has 1 heterocycles. The van der Waals surface area contributed by atoms with Gasteiger partial charge in [-0.05, 0) is 36.8 Å². The van der Waals surface area contributed by atoms with Gasteiger partial charge in [-0.25, -0.2) is 4.79 Å². The fourth-order valence-electron chi connectivity index (χ4n) is 1.42. The van der Waals surface area contributed by atoms with Crippen LogP contribution in [0.2, 0.25) is 0 Å². The Kier molecular flexibility index (Phi) is 3.19.